The molecule has 2 saturated carbocycles. The Morgan fingerprint density at radius 2 is 1.07 bits per heavy atom. The molecule has 0 aromatic rings. The lowest BCUT2D eigenvalue weighted by Crippen LogP contribution is -2.43. The Morgan fingerprint density at radius 1 is 0.690 bits per heavy atom. The lowest BCUT2D eigenvalue weighted by molar-refractivity contribution is 0.00618. The third-order valence-corrected chi connectivity index (χ3v) is 7.55. The molecule has 4 rings (SSSR count). The minimum Gasteiger partial charge on any atom is -0.472 e. The van der Waals surface area contributed by atoms with Crippen molar-refractivity contribution >= 4 is 11.8 Å². The Hall–Kier alpha value is -1.06. The van der Waals surface area contributed by atoms with Crippen molar-refractivity contribution in [2.45, 2.75) is 134 Å². The average molecular weight is 403 g/mol. The molecule has 0 aromatic heterocycles. The second-order valence-corrected chi connectivity index (χ2v) is 11.0. The van der Waals surface area contributed by atoms with Gasteiger partial charge >= 0.3 is 0 Å². The quantitative estimate of drug-likeness (QED) is 0.511. The molecule has 2 fully saturated rings. The van der Waals surface area contributed by atoms with Gasteiger partial charge in [-0.2, -0.15) is 0 Å². The van der Waals surface area contributed by atoms with Gasteiger partial charge in [-0.1, -0.05) is 40.5 Å². The summed E-state index contributed by atoms with van der Waals surface area (Å²) in [5.74, 6) is 3.08. The zero-order valence-electron chi connectivity index (χ0n) is 19.2. The molecule has 0 aromatic carbocycles. The van der Waals surface area contributed by atoms with Gasteiger partial charge in [-0.25, -0.2) is 9.98 Å². The first-order valence-corrected chi connectivity index (χ1v) is 12.4. The molecule has 164 valence electrons. The van der Waals surface area contributed by atoms with Gasteiger partial charge in [-0.05, 0) is 76.0 Å². The lowest BCUT2D eigenvalue weighted by atomic mass is 9.77. The maximum Gasteiger partial charge on any atom is 0.193 e. The van der Waals surface area contributed by atoms with Gasteiger partial charge in [0.1, 0.15) is 11.2 Å². The van der Waals surface area contributed by atoms with Crippen LogP contribution in [0, 0.1) is 11.8 Å². The molecule has 4 heteroatoms. The molecule has 0 amide bonds. The molecular weight excluding hydrogens is 360 g/mol. The Kier molecular flexibility index (Phi) is 6.27. The minimum atomic E-state index is -0.0448. The van der Waals surface area contributed by atoms with Crippen LogP contribution in [0.5, 0.6) is 0 Å². The van der Waals surface area contributed by atoms with Crippen molar-refractivity contribution in [2.75, 3.05) is 0 Å². The molecular formula is C25H42N2O2. The Labute approximate surface area is 177 Å². The van der Waals surface area contributed by atoms with Gasteiger partial charge in [0.2, 0.25) is 0 Å². The van der Waals surface area contributed by atoms with E-state index in [4.69, 9.17) is 19.5 Å². The van der Waals surface area contributed by atoms with Crippen LogP contribution in [0.4, 0.5) is 0 Å². The van der Waals surface area contributed by atoms with Crippen LogP contribution in [0.15, 0.2) is 9.98 Å². The summed E-state index contributed by atoms with van der Waals surface area (Å²) in [6.07, 6.45) is 15.3. The number of hydrogen-bond donors (Lipinski definition) is 0. The van der Waals surface area contributed by atoms with Crippen molar-refractivity contribution in [3.63, 3.8) is 0 Å². The van der Waals surface area contributed by atoms with E-state index in [2.05, 4.69) is 27.7 Å². The highest BCUT2D eigenvalue weighted by atomic mass is 16.5. The molecule has 29 heavy (non-hydrogen) atoms. The normalized spacial score (nSPS) is 30.6. The summed E-state index contributed by atoms with van der Waals surface area (Å²) in [6, 6.07) is 0.629. The number of aliphatic imine (C=N–C) groups is 2. The average Bonchev–Trinajstić information content (AvgIpc) is 3.13. The van der Waals surface area contributed by atoms with Crippen LogP contribution in [-0.2, 0) is 9.47 Å². The van der Waals surface area contributed by atoms with Crippen LogP contribution in [0.25, 0.3) is 0 Å². The van der Waals surface area contributed by atoms with Crippen LogP contribution >= 0.6 is 0 Å². The van der Waals surface area contributed by atoms with Gasteiger partial charge in [0, 0.05) is 0 Å². The Balaban J connectivity index is 1.49. The van der Waals surface area contributed by atoms with Crippen molar-refractivity contribution in [3.05, 3.63) is 0 Å². The summed E-state index contributed by atoms with van der Waals surface area (Å²) >= 11 is 0. The molecule has 0 bridgehead atoms. The number of nitrogens with zero attached hydrogens (tertiary/aromatic N) is 2. The first-order chi connectivity index (χ1) is 13.9. The van der Waals surface area contributed by atoms with Crippen LogP contribution in [0.2, 0.25) is 0 Å². The van der Waals surface area contributed by atoms with Crippen molar-refractivity contribution in [3.8, 4) is 0 Å². The first-order valence-electron chi connectivity index (χ1n) is 12.4. The zero-order chi connectivity index (χ0) is 20.5. The van der Waals surface area contributed by atoms with E-state index < -0.39 is 0 Å². The van der Waals surface area contributed by atoms with Crippen LogP contribution < -0.4 is 0 Å². The smallest absolute Gasteiger partial charge is 0.193 e. The Morgan fingerprint density at radius 3 is 1.41 bits per heavy atom. The van der Waals surface area contributed by atoms with E-state index in [-0.39, 0.29) is 11.2 Å². The third-order valence-electron chi connectivity index (χ3n) is 7.55. The van der Waals surface area contributed by atoms with Crippen molar-refractivity contribution in [1.29, 1.82) is 0 Å². The van der Waals surface area contributed by atoms with Gasteiger partial charge in [0.15, 0.2) is 11.8 Å². The predicted molar refractivity (Wildman–Crippen MR) is 120 cm³/mol. The molecule has 2 spiro atoms. The monoisotopic (exact) mass is 402 g/mol. The second kappa shape index (κ2) is 8.59. The van der Waals surface area contributed by atoms with Crippen molar-refractivity contribution < 1.29 is 9.47 Å². The molecule has 2 atom stereocenters. The first kappa shape index (κ1) is 21.2. The van der Waals surface area contributed by atoms with E-state index >= 15 is 0 Å². The summed E-state index contributed by atoms with van der Waals surface area (Å²) < 4.78 is 13.3. The van der Waals surface area contributed by atoms with Crippen molar-refractivity contribution in [2.24, 2.45) is 21.8 Å². The maximum atomic E-state index is 6.65. The topological polar surface area (TPSA) is 43.2 Å². The number of rotatable bonds is 6. The van der Waals surface area contributed by atoms with E-state index in [9.17, 15) is 0 Å². The summed E-state index contributed by atoms with van der Waals surface area (Å²) in [5, 5.41) is 0. The van der Waals surface area contributed by atoms with Crippen LogP contribution in [0.3, 0.4) is 0 Å². The molecule has 0 N–H and O–H groups in total. The fourth-order valence-corrected chi connectivity index (χ4v) is 6.13. The second-order valence-electron chi connectivity index (χ2n) is 11.0. The minimum absolute atomic E-state index is 0.0448. The standard InChI is InChI=1S/C25H42N2O2/c1-18(2)15-20-24(11-7-5-8-12-24)28-22(26-20)17-23-27-21(16-19(3)4)25(29-23)13-9-6-10-14-25/h18-21H,5-17H2,1-4H3/t20-,21-/m1/s1. The van der Waals surface area contributed by atoms with Gasteiger partial charge < -0.3 is 9.47 Å². The SMILES string of the molecule is CC(C)C[C@H]1N=C(CC2=N[C@H](CC(C)C)C3(CCCCC3)O2)OC12CCCCC2. The highest BCUT2D eigenvalue weighted by Crippen LogP contribution is 2.45. The number of ether oxygens (including phenoxy) is 2. The van der Waals surface area contributed by atoms with E-state index in [1.54, 1.807) is 0 Å². The predicted octanol–water partition coefficient (Wildman–Crippen LogP) is 6.47. The molecule has 4 nitrogen and oxygen atoms in total. The number of hydrogen-bond acceptors (Lipinski definition) is 4. The van der Waals surface area contributed by atoms with Crippen molar-refractivity contribution in [1.82, 2.24) is 0 Å². The molecule has 0 radical (unpaired) electrons. The van der Waals surface area contributed by atoms with E-state index in [0.29, 0.717) is 30.3 Å². The largest absolute Gasteiger partial charge is 0.472 e. The molecule has 0 saturated heterocycles. The third kappa shape index (κ3) is 4.51. The molecule has 2 heterocycles. The Bertz CT molecular complexity index is 571. The molecule has 0 unspecified atom stereocenters. The molecule has 4 aliphatic rings. The molecule has 2 aliphatic carbocycles. The maximum absolute atomic E-state index is 6.65. The summed E-state index contributed by atoms with van der Waals surface area (Å²) in [6.45, 7) is 9.21. The zero-order valence-corrected chi connectivity index (χ0v) is 19.2. The summed E-state index contributed by atoms with van der Waals surface area (Å²) in [5.41, 5.74) is -0.0895. The van der Waals surface area contributed by atoms with E-state index in [1.165, 1.54) is 38.5 Å². The molecule has 2 aliphatic heterocycles. The fraction of sp³-hybridized carbons (Fsp3) is 0.920. The summed E-state index contributed by atoms with van der Waals surface area (Å²) in [7, 11) is 0. The van der Waals surface area contributed by atoms with E-state index in [1.807, 2.05) is 0 Å². The van der Waals surface area contributed by atoms with Gasteiger partial charge in [-0.15, -0.1) is 0 Å². The highest BCUT2D eigenvalue weighted by Gasteiger charge is 2.50. The van der Waals surface area contributed by atoms with Gasteiger partial charge in [0.25, 0.3) is 0 Å². The van der Waals surface area contributed by atoms with E-state index in [0.717, 1.165) is 50.3 Å². The van der Waals surface area contributed by atoms with Gasteiger partial charge in [-0.3, -0.25) is 0 Å². The lowest BCUT2D eigenvalue weighted by Gasteiger charge is -2.38. The fourth-order valence-electron chi connectivity index (χ4n) is 6.13. The van der Waals surface area contributed by atoms with Crippen LogP contribution in [0.1, 0.15) is 111 Å². The highest BCUT2D eigenvalue weighted by molar-refractivity contribution is 5.99. The summed E-state index contributed by atoms with van der Waals surface area (Å²) in [4.78, 5) is 10.2. The van der Waals surface area contributed by atoms with Gasteiger partial charge in [0.05, 0.1) is 18.5 Å². The van der Waals surface area contributed by atoms with Crippen LogP contribution in [-0.4, -0.2) is 35.1 Å².